The maximum atomic E-state index is 14.2. The van der Waals surface area contributed by atoms with Crippen molar-refractivity contribution in [2.75, 3.05) is 7.05 Å². The minimum Gasteiger partial charge on any atom is -0.317 e. The van der Waals surface area contributed by atoms with Crippen LogP contribution < -0.4 is 0 Å². The van der Waals surface area contributed by atoms with Gasteiger partial charge in [-0.05, 0) is 106 Å². The van der Waals surface area contributed by atoms with Gasteiger partial charge in [-0.3, -0.25) is 0 Å². The maximum absolute atomic E-state index is 14.2. The van der Waals surface area contributed by atoms with Crippen LogP contribution in [-0.2, 0) is 37.8 Å². The van der Waals surface area contributed by atoms with Gasteiger partial charge in [-0.25, -0.2) is 0 Å². The van der Waals surface area contributed by atoms with Gasteiger partial charge in [0, 0.05) is 22.3 Å². The third-order valence-corrected chi connectivity index (χ3v) is 10.6. The summed E-state index contributed by atoms with van der Waals surface area (Å²) in [5.74, 6) is 0. The lowest BCUT2D eigenvalue weighted by atomic mass is 9.81. The maximum Gasteiger partial charge on any atom is 0.416 e. The van der Waals surface area contributed by atoms with Crippen molar-refractivity contribution >= 4 is 21.5 Å². The molecule has 0 aromatic heterocycles. The molecule has 0 unspecified atom stereocenters. The summed E-state index contributed by atoms with van der Waals surface area (Å²) in [5, 5.41) is 1.98. The number of benzene rings is 6. The Morgan fingerprint density at radius 1 is 0.455 bits per heavy atom. The van der Waals surface area contributed by atoms with Crippen LogP contribution in [0.1, 0.15) is 47.2 Å². The molecule has 1 nitrogen and oxygen atoms in total. The van der Waals surface area contributed by atoms with Crippen LogP contribution >= 0.6 is 0 Å². The van der Waals surface area contributed by atoms with Gasteiger partial charge in [-0.15, -0.1) is 0 Å². The molecule has 1 aliphatic rings. The summed E-state index contributed by atoms with van der Waals surface area (Å²) in [7, 11) is 1.79. The molecule has 1 heterocycles. The molecule has 0 fully saturated rings. The SMILES string of the molecule is CC(C)[N+]1(C)Cc2c(-c3cc(C(F)(F)F)cc(C(F)(F)F)c3)cc3ccccc3c2-c2c(c(-c3cc(C(F)(F)F)cc(C(F)(F)F)c3)cc3ccccc23)C1. The molecular formula is C42H30F12N+. The van der Waals surface area contributed by atoms with Crippen LogP contribution in [0.2, 0.25) is 0 Å². The lowest BCUT2D eigenvalue weighted by molar-refractivity contribution is -0.954. The van der Waals surface area contributed by atoms with Crippen LogP contribution in [0.25, 0.3) is 54.9 Å². The van der Waals surface area contributed by atoms with E-state index >= 15 is 0 Å². The van der Waals surface area contributed by atoms with Crippen molar-refractivity contribution < 1.29 is 57.2 Å². The van der Waals surface area contributed by atoms with Gasteiger partial charge in [0.25, 0.3) is 0 Å². The third kappa shape index (κ3) is 6.91. The van der Waals surface area contributed by atoms with Gasteiger partial charge in [0.15, 0.2) is 0 Å². The fourth-order valence-corrected chi connectivity index (χ4v) is 7.56. The van der Waals surface area contributed by atoms with Gasteiger partial charge in [0.1, 0.15) is 13.1 Å². The van der Waals surface area contributed by atoms with Crippen molar-refractivity contribution in [2.24, 2.45) is 0 Å². The zero-order valence-electron chi connectivity index (χ0n) is 29.2. The van der Waals surface area contributed by atoms with Gasteiger partial charge >= 0.3 is 24.7 Å². The first-order valence-corrected chi connectivity index (χ1v) is 17.0. The molecule has 6 aromatic rings. The minimum atomic E-state index is -5.13. The number of hydrogen-bond acceptors (Lipinski definition) is 0. The molecule has 0 aliphatic carbocycles. The van der Waals surface area contributed by atoms with Crippen molar-refractivity contribution in [1.82, 2.24) is 0 Å². The smallest absolute Gasteiger partial charge is 0.317 e. The van der Waals surface area contributed by atoms with Crippen molar-refractivity contribution in [1.29, 1.82) is 0 Å². The molecule has 0 radical (unpaired) electrons. The molecule has 0 spiro atoms. The summed E-state index contributed by atoms with van der Waals surface area (Å²) in [6.07, 6.45) is -20.5. The number of nitrogens with zero attached hydrogens (tertiary/aromatic N) is 1. The highest BCUT2D eigenvalue weighted by molar-refractivity contribution is 6.12. The average Bonchev–Trinajstić information content (AvgIpc) is 3.24. The molecule has 0 saturated carbocycles. The molecule has 0 atom stereocenters. The van der Waals surface area contributed by atoms with Crippen LogP contribution in [0.3, 0.4) is 0 Å². The molecule has 6 aromatic carbocycles. The van der Waals surface area contributed by atoms with Gasteiger partial charge in [-0.2, -0.15) is 52.7 Å². The monoisotopic (exact) mass is 776 g/mol. The Morgan fingerprint density at radius 2 is 0.764 bits per heavy atom. The molecule has 13 heteroatoms. The Bertz CT molecular complexity index is 2250. The molecular weight excluding hydrogens is 746 g/mol. The van der Waals surface area contributed by atoms with E-state index in [0.29, 0.717) is 68.1 Å². The van der Waals surface area contributed by atoms with Crippen LogP contribution in [-0.4, -0.2) is 17.6 Å². The quantitative estimate of drug-likeness (QED) is 0.124. The van der Waals surface area contributed by atoms with Gasteiger partial charge in [0.2, 0.25) is 0 Å². The van der Waals surface area contributed by atoms with Crippen LogP contribution in [0.15, 0.2) is 97.1 Å². The van der Waals surface area contributed by atoms with E-state index in [9.17, 15) is 52.7 Å². The Morgan fingerprint density at radius 3 is 1.05 bits per heavy atom. The van der Waals surface area contributed by atoms with Gasteiger partial charge in [-0.1, -0.05) is 48.5 Å². The molecule has 0 amide bonds. The summed E-state index contributed by atoms with van der Waals surface area (Å²) >= 11 is 0. The second kappa shape index (κ2) is 12.8. The van der Waals surface area contributed by atoms with E-state index in [0.717, 1.165) is 0 Å². The highest BCUT2D eigenvalue weighted by Gasteiger charge is 2.41. The fourth-order valence-electron chi connectivity index (χ4n) is 7.56. The van der Waals surface area contributed by atoms with Crippen LogP contribution in [0.5, 0.6) is 0 Å². The molecule has 0 saturated heterocycles. The van der Waals surface area contributed by atoms with Crippen LogP contribution in [0, 0.1) is 0 Å². The summed E-state index contributed by atoms with van der Waals surface area (Å²) < 4.78 is 171. The number of hydrogen-bond donors (Lipinski definition) is 0. The standard InChI is InChI=1S/C42H30F12N/c1-22(2)55(3)20-35-33(25-12-27(39(43,44)45)18-28(13-25)40(46,47)48)16-23-8-4-6-10-31(23)37(35)38-32-11-7-5-9-24(32)17-34(36(38)21-55)26-14-29(41(49,50)51)19-30(15-26)42(52,53)54/h4-19,22H,20-21H2,1-3H3/q+1. The zero-order valence-corrected chi connectivity index (χ0v) is 29.2. The van der Waals surface area contributed by atoms with E-state index in [1.54, 1.807) is 55.6 Å². The minimum absolute atomic E-state index is 0.0314. The zero-order chi connectivity index (χ0) is 40.0. The third-order valence-electron chi connectivity index (χ3n) is 10.6. The Kier molecular flexibility index (Phi) is 8.87. The summed E-state index contributed by atoms with van der Waals surface area (Å²) in [6, 6.07) is 19.0. The van der Waals surface area contributed by atoms with E-state index < -0.39 is 47.0 Å². The lowest BCUT2D eigenvalue weighted by Gasteiger charge is -2.39. The normalized spacial score (nSPS) is 15.0. The lowest BCUT2D eigenvalue weighted by Crippen LogP contribution is -2.47. The topological polar surface area (TPSA) is 0 Å². The molecule has 7 rings (SSSR count). The highest BCUT2D eigenvalue weighted by atomic mass is 19.4. The number of alkyl halides is 12. The Labute approximate surface area is 307 Å². The second-order valence-corrected chi connectivity index (χ2v) is 14.5. The Balaban J connectivity index is 1.69. The van der Waals surface area contributed by atoms with E-state index in [1.165, 1.54) is 12.1 Å². The highest BCUT2D eigenvalue weighted by Crippen LogP contribution is 2.51. The number of rotatable bonds is 3. The second-order valence-electron chi connectivity index (χ2n) is 14.5. The summed E-state index contributed by atoms with van der Waals surface area (Å²) in [6.45, 7) is 3.74. The first-order chi connectivity index (χ1) is 25.5. The molecule has 286 valence electrons. The van der Waals surface area contributed by atoms with E-state index in [4.69, 9.17) is 0 Å². The van der Waals surface area contributed by atoms with E-state index in [-0.39, 0.29) is 58.0 Å². The molecule has 1 aliphatic heterocycles. The predicted molar refractivity (Wildman–Crippen MR) is 186 cm³/mol. The number of halogens is 12. The first-order valence-electron chi connectivity index (χ1n) is 17.0. The van der Waals surface area contributed by atoms with E-state index in [1.807, 2.05) is 13.8 Å². The first kappa shape index (κ1) is 38.2. The number of quaternary nitrogens is 1. The Hall–Kier alpha value is -5.04. The largest absolute Gasteiger partial charge is 0.416 e. The van der Waals surface area contributed by atoms with Crippen molar-refractivity contribution in [3.8, 4) is 33.4 Å². The van der Waals surface area contributed by atoms with Crippen molar-refractivity contribution in [3.05, 3.63) is 130 Å². The van der Waals surface area contributed by atoms with Crippen molar-refractivity contribution in [2.45, 2.75) is 57.7 Å². The van der Waals surface area contributed by atoms with Crippen molar-refractivity contribution in [3.63, 3.8) is 0 Å². The number of fused-ring (bicyclic) bond motifs is 7. The predicted octanol–water partition coefficient (Wildman–Crippen LogP) is 13.9. The molecule has 55 heavy (non-hydrogen) atoms. The summed E-state index contributed by atoms with van der Waals surface area (Å²) in [5.41, 5.74) is -4.99. The summed E-state index contributed by atoms with van der Waals surface area (Å²) in [4.78, 5) is 0. The molecule has 0 bridgehead atoms. The molecule has 0 N–H and O–H groups in total. The van der Waals surface area contributed by atoms with E-state index in [2.05, 4.69) is 0 Å². The van der Waals surface area contributed by atoms with Crippen LogP contribution in [0.4, 0.5) is 52.7 Å². The van der Waals surface area contributed by atoms with Gasteiger partial charge < -0.3 is 4.48 Å². The van der Waals surface area contributed by atoms with Gasteiger partial charge in [0.05, 0.1) is 35.3 Å². The average molecular weight is 777 g/mol. The fraction of sp³-hybridized carbons (Fsp3) is 0.238.